The standard InChI is InChI=1S/C17H27N3O3S/c1-4-19(5-2)15(14-6-9-24-12-14)10-18-17(22)16-11-23-8-7-20(16)13(3)21/h6,9,12,15-16H,4-5,7-8,10-11H2,1-3H3,(H,18,22)/t15-,16-/m0/s1. The van der Waals surface area contributed by atoms with Gasteiger partial charge in [-0.25, -0.2) is 0 Å². The Morgan fingerprint density at radius 3 is 2.79 bits per heavy atom. The predicted octanol–water partition coefficient (Wildman–Crippen LogP) is 1.49. The van der Waals surface area contributed by atoms with E-state index in [4.69, 9.17) is 4.74 Å². The number of morpholine rings is 1. The summed E-state index contributed by atoms with van der Waals surface area (Å²) in [5, 5.41) is 7.21. The number of likely N-dealkylation sites (N-methyl/N-ethyl adjacent to an activating group) is 1. The Bertz CT molecular complexity index is 531. The highest BCUT2D eigenvalue weighted by molar-refractivity contribution is 7.07. The van der Waals surface area contributed by atoms with E-state index in [1.165, 1.54) is 12.5 Å². The van der Waals surface area contributed by atoms with Crippen molar-refractivity contribution in [2.75, 3.05) is 39.4 Å². The number of carbonyl (C=O) groups excluding carboxylic acids is 2. The van der Waals surface area contributed by atoms with Crippen molar-refractivity contribution in [3.05, 3.63) is 22.4 Å². The van der Waals surface area contributed by atoms with Crippen LogP contribution in [0.3, 0.4) is 0 Å². The second-order valence-electron chi connectivity index (χ2n) is 5.84. The Kier molecular flexibility index (Phi) is 7.20. The molecule has 1 aliphatic rings. The summed E-state index contributed by atoms with van der Waals surface area (Å²) < 4.78 is 5.39. The van der Waals surface area contributed by atoms with E-state index in [0.29, 0.717) is 19.7 Å². The molecule has 0 unspecified atom stereocenters. The number of carbonyl (C=O) groups is 2. The first kappa shape index (κ1) is 18.9. The minimum absolute atomic E-state index is 0.0865. The lowest BCUT2D eigenvalue weighted by atomic mass is 10.1. The molecular formula is C17H27N3O3S. The Labute approximate surface area is 147 Å². The summed E-state index contributed by atoms with van der Waals surface area (Å²) in [4.78, 5) is 28.2. The number of ether oxygens (including phenoxy) is 1. The molecule has 134 valence electrons. The SMILES string of the molecule is CCN(CC)[C@@H](CNC(=O)[C@@H]1COCCN1C(C)=O)c1ccsc1. The van der Waals surface area contributed by atoms with Gasteiger partial charge in [-0.3, -0.25) is 14.5 Å². The molecule has 1 saturated heterocycles. The minimum Gasteiger partial charge on any atom is -0.377 e. The summed E-state index contributed by atoms with van der Waals surface area (Å²) in [5.74, 6) is -0.228. The molecular weight excluding hydrogens is 326 g/mol. The number of thiophene rings is 1. The van der Waals surface area contributed by atoms with Gasteiger partial charge < -0.3 is 15.0 Å². The molecule has 0 aliphatic carbocycles. The normalized spacial score (nSPS) is 19.3. The topological polar surface area (TPSA) is 61.9 Å². The van der Waals surface area contributed by atoms with Crippen molar-refractivity contribution in [2.24, 2.45) is 0 Å². The van der Waals surface area contributed by atoms with Gasteiger partial charge in [0.05, 0.1) is 19.3 Å². The average molecular weight is 353 g/mol. The monoisotopic (exact) mass is 353 g/mol. The maximum absolute atomic E-state index is 12.6. The molecule has 2 heterocycles. The van der Waals surface area contributed by atoms with E-state index in [-0.39, 0.29) is 24.5 Å². The number of nitrogens with one attached hydrogen (secondary N) is 1. The zero-order valence-corrected chi connectivity index (χ0v) is 15.5. The number of amides is 2. The number of rotatable bonds is 7. The van der Waals surface area contributed by atoms with Gasteiger partial charge in [-0.15, -0.1) is 0 Å². The summed E-state index contributed by atoms with van der Waals surface area (Å²) in [7, 11) is 0. The maximum Gasteiger partial charge on any atom is 0.245 e. The highest BCUT2D eigenvalue weighted by Gasteiger charge is 2.31. The first-order valence-electron chi connectivity index (χ1n) is 8.47. The molecule has 0 radical (unpaired) electrons. The van der Waals surface area contributed by atoms with Crippen molar-refractivity contribution >= 4 is 23.2 Å². The smallest absolute Gasteiger partial charge is 0.245 e. The van der Waals surface area contributed by atoms with Crippen LogP contribution in [0.4, 0.5) is 0 Å². The lowest BCUT2D eigenvalue weighted by Crippen LogP contribution is -2.56. The summed E-state index contributed by atoms with van der Waals surface area (Å²) in [5.41, 5.74) is 1.22. The minimum atomic E-state index is -0.531. The molecule has 7 heteroatoms. The van der Waals surface area contributed by atoms with Crippen LogP contribution in [0.15, 0.2) is 16.8 Å². The van der Waals surface area contributed by atoms with E-state index in [0.717, 1.165) is 13.1 Å². The fourth-order valence-electron chi connectivity index (χ4n) is 3.10. The Balaban J connectivity index is 2.02. The molecule has 0 saturated carbocycles. The molecule has 1 aliphatic heterocycles. The highest BCUT2D eigenvalue weighted by atomic mass is 32.1. The Morgan fingerprint density at radius 1 is 1.46 bits per heavy atom. The van der Waals surface area contributed by atoms with Crippen molar-refractivity contribution < 1.29 is 14.3 Å². The second-order valence-corrected chi connectivity index (χ2v) is 6.62. The zero-order valence-electron chi connectivity index (χ0n) is 14.7. The van der Waals surface area contributed by atoms with Crippen LogP contribution in [0.1, 0.15) is 32.4 Å². The van der Waals surface area contributed by atoms with Gasteiger partial charge in [0.1, 0.15) is 6.04 Å². The molecule has 1 fully saturated rings. The molecule has 0 aromatic carbocycles. The molecule has 24 heavy (non-hydrogen) atoms. The van der Waals surface area contributed by atoms with Gasteiger partial charge >= 0.3 is 0 Å². The van der Waals surface area contributed by atoms with Gasteiger partial charge in [0.15, 0.2) is 0 Å². The molecule has 2 rings (SSSR count). The number of hydrogen-bond acceptors (Lipinski definition) is 5. The predicted molar refractivity (Wildman–Crippen MR) is 95.0 cm³/mol. The maximum atomic E-state index is 12.6. The van der Waals surface area contributed by atoms with Gasteiger partial charge in [0, 0.05) is 20.0 Å². The van der Waals surface area contributed by atoms with Crippen molar-refractivity contribution in [3.8, 4) is 0 Å². The fourth-order valence-corrected chi connectivity index (χ4v) is 3.81. The summed E-state index contributed by atoms with van der Waals surface area (Å²) >= 11 is 1.66. The fraction of sp³-hybridized carbons (Fsp3) is 0.647. The summed E-state index contributed by atoms with van der Waals surface area (Å²) in [6.45, 7) is 9.32. The van der Waals surface area contributed by atoms with Crippen LogP contribution in [0.5, 0.6) is 0 Å². The first-order chi connectivity index (χ1) is 11.6. The van der Waals surface area contributed by atoms with Crippen LogP contribution in [-0.4, -0.2) is 67.0 Å². The van der Waals surface area contributed by atoms with Gasteiger partial charge in [-0.05, 0) is 35.5 Å². The molecule has 1 aromatic heterocycles. The van der Waals surface area contributed by atoms with E-state index in [1.54, 1.807) is 16.2 Å². The molecule has 1 N–H and O–H groups in total. The van der Waals surface area contributed by atoms with Crippen LogP contribution >= 0.6 is 11.3 Å². The third-order valence-corrected chi connectivity index (χ3v) is 5.19. The van der Waals surface area contributed by atoms with E-state index in [1.807, 2.05) is 0 Å². The van der Waals surface area contributed by atoms with Gasteiger partial charge in [0.25, 0.3) is 0 Å². The van der Waals surface area contributed by atoms with Gasteiger partial charge in [-0.1, -0.05) is 13.8 Å². The van der Waals surface area contributed by atoms with Crippen LogP contribution in [0, 0.1) is 0 Å². The quantitative estimate of drug-likeness (QED) is 0.807. The van der Waals surface area contributed by atoms with Crippen molar-refractivity contribution in [1.29, 1.82) is 0 Å². The summed E-state index contributed by atoms with van der Waals surface area (Å²) in [6, 6.07) is 1.72. The summed E-state index contributed by atoms with van der Waals surface area (Å²) in [6.07, 6.45) is 0. The lowest BCUT2D eigenvalue weighted by molar-refractivity contribution is -0.147. The van der Waals surface area contributed by atoms with Crippen LogP contribution in [0.2, 0.25) is 0 Å². The third kappa shape index (κ3) is 4.55. The van der Waals surface area contributed by atoms with Crippen LogP contribution in [-0.2, 0) is 14.3 Å². The van der Waals surface area contributed by atoms with Gasteiger partial charge in [-0.2, -0.15) is 11.3 Å². The second kappa shape index (κ2) is 9.15. The average Bonchev–Trinajstić information content (AvgIpc) is 3.12. The molecule has 0 bridgehead atoms. The van der Waals surface area contributed by atoms with Crippen molar-refractivity contribution in [3.63, 3.8) is 0 Å². The number of nitrogens with zero attached hydrogens (tertiary/aromatic N) is 2. The van der Waals surface area contributed by atoms with Crippen molar-refractivity contribution in [2.45, 2.75) is 32.9 Å². The zero-order chi connectivity index (χ0) is 17.5. The Morgan fingerprint density at radius 2 is 2.21 bits per heavy atom. The highest BCUT2D eigenvalue weighted by Crippen LogP contribution is 2.22. The van der Waals surface area contributed by atoms with E-state index in [9.17, 15) is 9.59 Å². The van der Waals surface area contributed by atoms with Crippen molar-refractivity contribution in [1.82, 2.24) is 15.1 Å². The first-order valence-corrected chi connectivity index (χ1v) is 9.41. The molecule has 6 nitrogen and oxygen atoms in total. The van der Waals surface area contributed by atoms with Crippen LogP contribution in [0.25, 0.3) is 0 Å². The van der Waals surface area contributed by atoms with E-state index >= 15 is 0 Å². The van der Waals surface area contributed by atoms with Gasteiger partial charge in [0.2, 0.25) is 11.8 Å². The molecule has 2 amide bonds. The Hall–Kier alpha value is -1.44. The van der Waals surface area contributed by atoms with Crippen LogP contribution < -0.4 is 5.32 Å². The third-order valence-electron chi connectivity index (χ3n) is 4.49. The van der Waals surface area contributed by atoms with E-state index < -0.39 is 6.04 Å². The molecule has 0 spiro atoms. The largest absolute Gasteiger partial charge is 0.377 e. The lowest BCUT2D eigenvalue weighted by Gasteiger charge is -2.35. The van der Waals surface area contributed by atoms with E-state index in [2.05, 4.69) is 40.9 Å². The molecule has 2 atom stereocenters. The number of hydrogen-bond donors (Lipinski definition) is 1. The molecule has 1 aromatic rings.